The fourth-order valence-corrected chi connectivity index (χ4v) is 14.3. The Labute approximate surface area is 519 Å². The van der Waals surface area contributed by atoms with Crippen LogP contribution in [0.5, 0.6) is 0 Å². The molecule has 2 atom stereocenters. The molecule has 456 valence electrons. The second-order valence-corrected chi connectivity index (χ2v) is 26.6. The van der Waals surface area contributed by atoms with Crippen molar-refractivity contribution in [2.75, 3.05) is 113 Å². The SMILES string of the molecule is CC1(C)CCC(c2ccc(Cl)cc2)=C(CN2CCN(c3ccc(C(=O)NSc4ccc(NC(CCN5CCN(CCOCCNc6cccc7c6C(=O)N(C6CCC(=O)NC6=O)C7=O)CC5)CSc5ccccc5)c(SC(F)(F)F)c4)cc3)CC2)C1. The quantitative estimate of drug-likeness (QED) is 0.0200. The Hall–Kier alpha value is -6.04. The van der Waals surface area contributed by atoms with E-state index in [2.05, 4.69) is 66.3 Å². The number of rotatable bonds is 24. The number of hydrogen-bond acceptors (Lipinski definition) is 15. The lowest BCUT2D eigenvalue weighted by Gasteiger charge is -2.39. The van der Waals surface area contributed by atoms with E-state index in [4.69, 9.17) is 16.3 Å². The summed E-state index contributed by atoms with van der Waals surface area (Å²) in [6.45, 7) is 15.2. The molecule has 3 fully saturated rings. The lowest BCUT2D eigenvalue weighted by atomic mass is 9.73. The summed E-state index contributed by atoms with van der Waals surface area (Å²) in [5.41, 5.74) is 2.69. The standard InChI is InChI=1S/C64H73ClF3N9O6S3/c1-63(2)25-23-51(43-11-15-46(65)16-12-43)45(40-63)41-75-32-34-76(35-33-75)48-17-13-44(14-18-48)59(79)72-86-50-19-20-53(56(39-50)85-64(66,67)68)70-47(42-84-49-7-4-3-5-8-49)24-27-73-28-30-74(31-29-73)36-38-83-37-26-69-54-10-6-9-52-58(54)62(82)77(61(52)81)55-21-22-57(78)71-60(55)80/h3-20,39,47,55,69-70H,21-38,40-42H2,1-2H3,(H,72,79)(H,71,78,80). The van der Waals surface area contributed by atoms with Crippen LogP contribution in [-0.4, -0.2) is 164 Å². The molecule has 3 saturated heterocycles. The number of piperazine rings is 2. The van der Waals surface area contributed by atoms with E-state index >= 15 is 0 Å². The predicted molar refractivity (Wildman–Crippen MR) is 337 cm³/mol. The molecule has 0 aromatic heterocycles. The highest BCUT2D eigenvalue weighted by molar-refractivity contribution is 8.00. The van der Waals surface area contributed by atoms with Crippen molar-refractivity contribution in [3.63, 3.8) is 0 Å². The van der Waals surface area contributed by atoms with Crippen molar-refractivity contribution in [1.29, 1.82) is 0 Å². The number of imide groups is 2. The molecular weight excluding hydrogens is 1180 g/mol. The molecule has 22 heteroatoms. The largest absolute Gasteiger partial charge is 0.446 e. The van der Waals surface area contributed by atoms with Crippen LogP contribution in [0.15, 0.2) is 136 Å². The second kappa shape index (κ2) is 28.9. The Morgan fingerprint density at radius 1 is 0.779 bits per heavy atom. The number of thioether (sulfide) groups is 2. The van der Waals surface area contributed by atoms with Gasteiger partial charge < -0.3 is 25.2 Å². The Morgan fingerprint density at radius 2 is 1.50 bits per heavy atom. The topological polar surface area (TPSA) is 159 Å². The van der Waals surface area contributed by atoms with Crippen LogP contribution in [0.1, 0.15) is 89.0 Å². The van der Waals surface area contributed by atoms with E-state index in [-0.39, 0.29) is 58.0 Å². The number of halogens is 4. The number of benzene rings is 5. The van der Waals surface area contributed by atoms with Crippen LogP contribution in [0.2, 0.25) is 5.02 Å². The van der Waals surface area contributed by atoms with Crippen molar-refractivity contribution in [2.45, 2.75) is 84.7 Å². The summed E-state index contributed by atoms with van der Waals surface area (Å²) in [5.74, 6) is -1.94. The first-order valence-electron chi connectivity index (χ1n) is 29.4. The van der Waals surface area contributed by atoms with Gasteiger partial charge in [-0.1, -0.05) is 67.4 Å². The maximum Gasteiger partial charge on any atom is 0.446 e. The number of anilines is 3. The number of allylic oxidation sites excluding steroid dienone is 1. The fraction of sp³-hybridized carbons (Fsp3) is 0.422. The molecule has 0 bridgehead atoms. The molecule has 86 heavy (non-hydrogen) atoms. The maximum atomic E-state index is 14.2. The third kappa shape index (κ3) is 16.8. The molecule has 4 heterocycles. The molecule has 1 aliphatic carbocycles. The summed E-state index contributed by atoms with van der Waals surface area (Å²) in [6, 6.07) is 34.3. The summed E-state index contributed by atoms with van der Waals surface area (Å²) in [6.07, 6.45) is 4.11. The van der Waals surface area contributed by atoms with Gasteiger partial charge in [-0.05, 0) is 151 Å². The van der Waals surface area contributed by atoms with Crippen LogP contribution in [0, 0.1) is 5.41 Å². The second-order valence-electron chi connectivity index (χ2n) is 23.1. The van der Waals surface area contributed by atoms with Gasteiger partial charge in [0.25, 0.3) is 17.7 Å². The highest BCUT2D eigenvalue weighted by Gasteiger charge is 2.46. The molecule has 0 radical (unpaired) electrons. The average Bonchev–Trinajstić information content (AvgIpc) is 1.79. The molecule has 4 aliphatic heterocycles. The van der Waals surface area contributed by atoms with Gasteiger partial charge in [0.05, 0.1) is 24.3 Å². The Bertz CT molecular complexity index is 3250. The van der Waals surface area contributed by atoms with Gasteiger partial charge in [-0.15, -0.1) is 11.8 Å². The highest BCUT2D eigenvalue weighted by Crippen LogP contribution is 2.44. The normalized spacial score (nSPS) is 19.2. The smallest absolute Gasteiger partial charge is 0.382 e. The number of carbonyl (C=O) groups is 5. The van der Waals surface area contributed by atoms with Gasteiger partial charge in [-0.25, -0.2) is 0 Å². The first-order chi connectivity index (χ1) is 41.4. The van der Waals surface area contributed by atoms with Crippen LogP contribution in [0.3, 0.4) is 0 Å². The minimum atomic E-state index is -4.54. The molecule has 5 aliphatic rings. The number of alkyl halides is 3. The molecule has 5 aromatic rings. The summed E-state index contributed by atoms with van der Waals surface area (Å²) in [4.78, 5) is 76.5. The minimum Gasteiger partial charge on any atom is -0.382 e. The van der Waals surface area contributed by atoms with Crippen molar-refractivity contribution in [1.82, 2.24) is 29.6 Å². The van der Waals surface area contributed by atoms with E-state index < -0.39 is 35.2 Å². The first kappa shape index (κ1) is 63.0. The van der Waals surface area contributed by atoms with Gasteiger partial charge in [0.1, 0.15) is 6.04 Å². The van der Waals surface area contributed by atoms with Crippen molar-refractivity contribution in [3.05, 3.63) is 148 Å². The van der Waals surface area contributed by atoms with Crippen LogP contribution in [0.4, 0.5) is 30.2 Å². The Kier molecular flexibility index (Phi) is 21.1. The Balaban J connectivity index is 0.675. The van der Waals surface area contributed by atoms with Gasteiger partial charge >= 0.3 is 5.51 Å². The number of carbonyl (C=O) groups excluding carboxylic acids is 5. The predicted octanol–water partition coefficient (Wildman–Crippen LogP) is 11.3. The zero-order chi connectivity index (χ0) is 60.4. The number of fused-ring (bicyclic) bond motifs is 1. The maximum absolute atomic E-state index is 14.2. The van der Waals surface area contributed by atoms with E-state index in [9.17, 15) is 37.1 Å². The van der Waals surface area contributed by atoms with Gasteiger partial charge in [-0.3, -0.25) is 48.7 Å². The van der Waals surface area contributed by atoms with Crippen LogP contribution >= 0.6 is 47.1 Å². The fourth-order valence-electron chi connectivity index (χ4n) is 11.8. The lowest BCUT2D eigenvalue weighted by Crippen LogP contribution is -2.54. The van der Waals surface area contributed by atoms with Crippen molar-refractivity contribution < 1.29 is 41.9 Å². The number of nitrogens with zero attached hydrogens (tertiary/aromatic N) is 5. The van der Waals surface area contributed by atoms with Gasteiger partial charge in [0.15, 0.2) is 0 Å². The van der Waals surface area contributed by atoms with E-state index in [1.54, 1.807) is 54.2 Å². The number of piperidine rings is 1. The highest BCUT2D eigenvalue weighted by atomic mass is 35.5. The Morgan fingerprint density at radius 3 is 2.22 bits per heavy atom. The third-order valence-electron chi connectivity index (χ3n) is 16.5. The first-order valence-corrected chi connectivity index (χ1v) is 32.4. The van der Waals surface area contributed by atoms with Crippen LogP contribution in [-0.2, 0) is 14.3 Å². The number of amides is 5. The number of nitrogens with one attached hydrogen (secondary N) is 4. The zero-order valence-corrected chi connectivity index (χ0v) is 51.6. The van der Waals surface area contributed by atoms with E-state index in [1.165, 1.54) is 22.8 Å². The summed E-state index contributed by atoms with van der Waals surface area (Å²) in [5, 5.41) is 9.67. The summed E-state index contributed by atoms with van der Waals surface area (Å²) in [7, 11) is 0. The monoisotopic (exact) mass is 1250 g/mol. The minimum absolute atomic E-state index is 0.0253. The van der Waals surface area contributed by atoms with Crippen LogP contribution in [0.25, 0.3) is 5.57 Å². The molecule has 10 rings (SSSR count). The zero-order valence-electron chi connectivity index (χ0n) is 48.4. The average molecular weight is 1250 g/mol. The van der Waals surface area contributed by atoms with Crippen molar-refractivity contribution in [2.24, 2.45) is 5.41 Å². The van der Waals surface area contributed by atoms with Gasteiger partial charge in [0, 0.05) is 139 Å². The molecule has 0 spiro atoms. The van der Waals surface area contributed by atoms with E-state index in [1.807, 2.05) is 54.6 Å². The number of hydrogen-bond donors (Lipinski definition) is 4. The van der Waals surface area contributed by atoms with Crippen molar-refractivity contribution in [3.8, 4) is 0 Å². The van der Waals surface area contributed by atoms with Gasteiger partial charge in [0.2, 0.25) is 11.8 Å². The molecule has 5 aromatic carbocycles. The van der Waals surface area contributed by atoms with Crippen LogP contribution < -0.4 is 25.6 Å². The molecule has 2 unspecified atom stereocenters. The third-order valence-corrected chi connectivity index (χ3v) is 19.5. The molecule has 4 N–H and O–H groups in total. The van der Waals surface area contributed by atoms with E-state index in [0.29, 0.717) is 53.8 Å². The lowest BCUT2D eigenvalue weighted by molar-refractivity contribution is -0.136. The molecule has 15 nitrogen and oxygen atoms in total. The number of ether oxygens (including phenoxy) is 1. The van der Waals surface area contributed by atoms with Gasteiger partial charge in [-0.2, -0.15) is 13.2 Å². The molecule has 5 amide bonds. The van der Waals surface area contributed by atoms with Crippen molar-refractivity contribution >= 4 is 99.2 Å². The van der Waals surface area contributed by atoms with E-state index in [0.717, 1.165) is 124 Å². The molecular formula is C64H73ClF3N9O6S3. The summed E-state index contributed by atoms with van der Waals surface area (Å²) < 4.78 is 51.5. The molecule has 0 saturated carbocycles. The summed E-state index contributed by atoms with van der Waals surface area (Å²) >= 11 is 8.71.